The van der Waals surface area contributed by atoms with Crippen LogP contribution in [0.15, 0.2) is 18.2 Å². The average molecular weight is 214 g/mol. The van der Waals surface area contributed by atoms with E-state index < -0.39 is 6.43 Å². The van der Waals surface area contributed by atoms with Gasteiger partial charge in [0.2, 0.25) is 0 Å². The summed E-state index contributed by atoms with van der Waals surface area (Å²) in [7, 11) is 1.65. The molecule has 0 aliphatic heterocycles. The summed E-state index contributed by atoms with van der Waals surface area (Å²) in [6.45, 7) is 2.03. The number of nitrogens with zero attached hydrogens (tertiary/aromatic N) is 1. The summed E-state index contributed by atoms with van der Waals surface area (Å²) < 4.78 is 24.5. The topological polar surface area (TPSA) is 29.3 Å². The van der Waals surface area contributed by atoms with E-state index in [4.69, 9.17) is 5.73 Å². The van der Waals surface area contributed by atoms with Gasteiger partial charge in [-0.15, -0.1) is 0 Å². The predicted octanol–water partition coefficient (Wildman–Crippen LogP) is 2.16. The zero-order valence-corrected chi connectivity index (χ0v) is 9.00. The monoisotopic (exact) mass is 214 g/mol. The zero-order chi connectivity index (χ0) is 11.4. The third kappa shape index (κ3) is 3.16. The second kappa shape index (κ2) is 5.07. The number of rotatable bonds is 4. The molecule has 0 spiro atoms. The molecule has 0 unspecified atom stereocenters. The lowest BCUT2D eigenvalue weighted by atomic mass is 10.1. The number of alkyl halides is 2. The lowest BCUT2D eigenvalue weighted by molar-refractivity contribution is 0.156. The molecule has 4 heteroatoms. The van der Waals surface area contributed by atoms with E-state index in [1.165, 1.54) is 0 Å². The predicted molar refractivity (Wildman–Crippen MR) is 58.3 cm³/mol. The molecule has 15 heavy (non-hydrogen) atoms. The Bertz CT molecular complexity index is 326. The first-order valence-electron chi connectivity index (χ1n) is 4.83. The van der Waals surface area contributed by atoms with Gasteiger partial charge in [0.25, 0.3) is 6.43 Å². The van der Waals surface area contributed by atoms with Gasteiger partial charge in [-0.3, -0.25) is 0 Å². The van der Waals surface area contributed by atoms with Crippen LogP contribution in [0.4, 0.5) is 14.5 Å². The molecule has 0 heterocycles. The van der Waals surface area contributed by atoms with E-state index in [0.29, 0.717) is 6.54 Å². The van der Waals surface area contributed by atoms with Crippen LogP contribution in [0, 0.1) is 6.92 Å². The van der Waals surface area contributed by atoms with Crippen LogP contribution in [0.25, 0.3) is 0 Å². The van der Waals surface area contributed by atoms with Crippen LogP contribution < -0.4 is 10.6 Å². The summed E-state index contributed by atoms with van der Waals surface area (Å²) >= 11 is 0. The molecule has 0 radical (unpaired) electrons. The quantitative estimate of drug-likeness (QED) is 0.832. The van der Waals surface area contributed by atoms with E-state index in [0.717, 1.165) is 16.8 Å². The molecule has 0 fully saturated rings. The number of aryl methyl sites for hydroxylation is 1. The highest BCUT2D eigenvalue weighted by Gasteiger charge is 2.11. The summed E-state index contributed by atoms with van der Waals surface area (Å²) in [5.74, 6) is 0. The van der Waals surface area contributed by atoms with E-state index in [1.807, 2.05) is 25.1 Å². The highest BCUT2D eigenvalue weighted by molar-refractivity contribution is 5.55. The molecule has 1 aromatic rings. The Morgan fingerprint density at radius 2 is 2.07 bits per heavy atom. The average Bonchev–Trinajstić information content (AvgIpc) is 2.16. The van der Waals surface area contributed by atoms with Crippen LogP contribution in [0.1, 0.15) is 11.1 Å². The van der Waals surface area contributed by atoms with Crippen molar-refractivity contribution >= 4 is 5.69 Å². The fourth-order valence-corrected chi connectivity index (χ4v) is 1.51. The van der Waals surface area contributed by atoms with E-state index >= 15 is 0 Å². The van der Waals surface area contributed by atoms with Crippen LogP contribution in [-0.4, -0.2) is 20.0 Å². The van der Waals surface area contributed by atoms with Gasteiger partial charge < -0.3 is 10.6 Å². The van der Waals surface area contributed by atoms with Gasteiger partial charge in [0.15, 0.2) is 0 Å². The first-order chi connectivity index (χ1) is 7.04. The van der Waals surface area contributed by atoms with Gasteiger partial charge in [-0.2, -0.15) is 0 Å². The molecule has 0 aliphatic carbocycles. The SMILES string of the molecule is Cc1ccc(CN)c(N(C)CC(F)F)c1. The van der Waals surface area contributed by atoms with Gasteiger partial charge in [-0.1, -0.05) is 12.1 Å². The first kappa shape index (κ1) is 11.9. The highest BCUT2D eigenvalue weighted by Crippen LogP contribution is 2.21. The van der Waals surface area contributed by atoms with Gasteiger partial charge in [0.05, 0.1) is 6.54 Å². The van der Waals surface area contributed by atoms with E-state index in [-0.39, 0.29) is 6.54 Å². The molecule has 0 amide bonds. The standard InChI is InChI=1S/C11H16F2N2/c1-8-3-4-9(6-14)10(5-8)15(2)7-11(12)13/h3-5,11H,6-7,14H2,1-2H3. The van der Waals surface area contributed by atoms with Crippen molar-refractivity contribution in [2.45, 2.75) is 19.9 Å². The van der Waals surface area contributed by atoms with Crippen molar-refractivity contribution in [3.63, 3.8) is 0 Å². The molecule has 0 saturated heterocycles. The number of hydrogen-bond donors (Lipinski definition) is 1. The molecule has 84 valence electrons. The number of nitrogens with two attached hydrogens (primary N) is 1. The summed E-state index contributed by atoms with van der Waals surface area (Å²) in [6.07, 6.45) is -2.33. The molecule has 0 saturated carbocycles. The van der Waals surface area contributed by atoms with Crippen molar-refractivity contribution < 1.29 is 8.78 Å². The molecule has 1 rings (SSSR count). The molecular weight excluding hydrogens is 198 g/mol. The lowest BCUT2D eigenvalue weighted by Crippen LogP contribution is -2.25. The normalized spacial score (nSPS) is 10.8. The fourth-order valence-electron chi connectivity index (χ4n) is 1.51. The lowest BCUT2D eigenvalue weighted by Gasteiger charge is -2.22. The van der Waals surface area contributed by atoms with E-state index in [9.17, 15) is 8.78 Å². The number of hydrogen-bond acceptors (Lipinski definition) is 2. The Hall–Kier alpha value is -1.16. The Labute approximate surface area is 88.7 Å². The zero-order valence-electron chi connectivity index (χ0n) is 9.00. The van der Waals surface area contributed by atoms with E-state index in [2.05, 4.69) is 0 Å². The minimum Gasteiger partial charge on any atom is -0.369 e. The molecule has 0 atom stereocenters. The van der Waals surface area contributed by atoms with Crippen molar-refractivity contribution in [1.29, 1.82) is 0 Å². The third-order valence-corrected chi connectivity index (χ3v) is 2.28. The number of halogens is 2. The van der Waals surface area contributed by atoms with Gasteiger partial charge in [-0.05, 0) is 24.1 Å². The molecule has 1 aromatic carbocycles. The Kier molecular flexibility index (Phi) is 4.03. The van der Waals surface area contributed by atoms with Crippen molar-refractivity contribution in [1.82, 2.24) is 0 Å². The third-order valence-electron chi connectivity index (χ3n) is 2.28. The minimum atomic E-state index is -2.33. The Morgan fingerprint density at radius 1 is 1.40 bits per heavy atom. The highest BCUT2D eigenvalue weighted by atomic mass is 19.3. The summed E-state index contributed by atoms with van der Waals surface area (Å²) in [5, 5.41) is 0. The van der Waals surface area contributed by atoms with Gasteiger partial charge in [-0.25, -0.2) is 8.78 Å². The fraction of sp³-hybridized carbons (Fsp3) is 0.455. The maximum atomic E-state index is 12.2. The van der Waals surface area contributed by atoms with Crippen molar-refractivity contribution in [2.24, 2.45) is 5.73 Å². The smallest absolute Gasteiger partial charge is 0.255 e. The van der Waals surface area contributed by atoms with Crippen LogP contribution in [0.2, 0.25) is 0 Å². The number of benzene rings is 1. The largest absolute Gasteiger partial charge is 0.369 e. The second-order valence-corrected chi connectivity index (χ2v) is 3.61. The maximum absolute atomic E-state index is 12.2. The van der Waals surface area contributed by atoms with Crippen molar-refractivity contribution in [3.05, 3.63) is 29.3 Å². The van der Waals surface area contributed by atoms with Crippen molar-refractivity contribution in [3.8, 4) is 0 Å². The Morgan fingerprint density at radius 3 is 2.60 bits per heavy atom. The van der Waals surface area contributed by atoms with Crippen LogP contribution in [0.5, 0.6) is 0 Å². The van der Waals surface area contributed by atoms with Crippen LogP contribution >= 0.6 is 0 Å². The molecule has 2 N–H and O–H groups in total. The van der Waals surface area contributed by atoms with Gasteiger partial charge in [0.1, 0.15) is 0 Å². The summed E-state index contributed by atoms with van der Waals surface area (Å²) in [5.41, 5.74) is 8.28. The number of anilines is 1. The summed E-state index contributed by atoms with van der Waals surface area (Å²) in [6, 6.07) is 5.69. The van der Waals surface area contributed by atoms with E-state index in [1.54, 1.807) is 11.9 Å². The van der Waals surface area contributed by atoms with Crippen molar-refractivity contribution in [2.75, 3.05) is 18.5 Å². The van der Waals surface area contributed by atoms with Gasteiger partial charge in [0, 0.05) is 19.3 Å². The minimum absolute atomic E-state index is 0.267. The Balaban J connectivity index is 2.94. The van der Waals surface area contributed by atoms with Gasteiger partial charge >= 0.3 is 0 Å². The molecule has 0 aliphatic rings. The first-order valence-corrected chi connectivity index (χ1v) is 4.83. The van der Waals surface area contributed by atoms with Crippen LogP contribution in [0.3, 0.4) is 0 Å². The second-order valence-electron chi connectivity index (χ2n) is 3.61. The van der Waals surface area contributed by atoms with Crippen LogP contribution in [-0.2, 0) is 6.54 Å². The molecule has 0 bridgehead atoms. The molecular formula is C11H16F2N2. The molecule has 0 aromatic heterocycles. The maximum Gasteiger partial charge on any atom is 0.255 e. The molecule has 2 nitrogen and oxygen atoms in total. The summed E-state index contributed by atoms with van der Waals surface area (Å²) in [4.78, 5) is 1.54.